The van der Waals surface area contributed by atoms with Gasteiger partial charge in [0.2, 0.25) is 0 Å². The zero-order valence-electron chi connectivity index (χ0n) is 35.2. The average Bonchev–Trinajstić information content (AvgIpc) is 3.17. The molecule has 0 amide bonds. The summed E-state index contributed by atoms with van der Waals surface area (Å²) in [7, 11) is -3.95. The van der Waals surface area contributed by atoms with Crippen molar-refractivity contribution in [1.29, 1.82) is 0 Å². The lowest BCUT2D eigenvalue weighted by Gasteiger charge is -2.26. The molecule has 1 nitrogen and oxygen atoms in total. The molecule has 6 rings (SSSR count). The summed E-state index contributed by atoms with van der Waals surface area (Å²) in [5, 5.41) is 4.47. The zero-order valence-corrected chi connectivity index (χ0v) is 38.2. The molecule has 0 unspecified atom stereocenters. The molecule has 6 aromatic carbocycles. The summed E-state index contributed by atoms with van der Waals surface area (Å²) in [6, 6.07) is 54.1. The second-order valence-electron chi connectivity index (χ2n) is 18.2. The van der Waals surface area contributed by atoms with Crippen LogP contribution in [0, 0.1) is 0 Å². The molecule has 0 fully saturated rings. The zero-order chi connectivity index (χ0) is 40.1. The number of nitrogens with zero attached hydrogens (tertiary/aromatic N) is 1. The predicted octanol–water partition coefficient (Wildman–Crippen LogP) is 13.7. The Morgan fingerprint density at radius 2 is 0.589 bits per heavy atom. The van der Waals surface area contributed by atoms with E-state index in [1.54, 1.807) is 0 Å². The van der Waals surface area contributed by atoms with E-state index < -0.39 is 24.2 Å². The lowest BCUT2D eigenvalue weighted by Crippen LogP contribution is -2.37. The Balaban J connectivity index is 1.26. The van der Waals surface area contributed by atoms with Crippen molar-refractivity contribution in [3.63, 3.8) is 0 Å². The van der Waals surface area contributed by atoms with Crippen molar-refractivity contribution < 1.29 is 0 Å². The summed E-state index contributed by atoms with van der Waals surface area (Å²) in [6.07, 6.45) is 11.1. The topological polar surface area (TPSA) is 3.24 Å². The quantitative estimate of drug-likeness (QED) is 0.0883. The highest BCUT2D eigenvalue weighted by atomic mass is 28.3. The van der Waals surface area contributed by atoms with Gasteiger partial charge in [0.1, 0.15) is 0 Å². The Bertz CT molecular complexity index is 2180. The standard InChI is InChI=1S/C52H59NSi3/c1-40(46-25-37-52(38-26-46)56(8,9)10)39-45-19-31-49(32-20-45)53(47-27-15-41(16-28-47)11-13-43-21-33-50(34-22-43)54(2,3)4)48-29-17-42(18-30-48)12-14-44-23-35-51(36-24-44)55(5,6)7/h11-39H,1-10H3/b13-11+,14-12+,40-39+. The Labute approximate surface area is 340 Å². The first-order valence-electron chi connectivity index (χ1n) is 20.0. The lowest BCUT2D eigenvalue weighted by atomic mass is 10.0. The monoisotopic (exact) mass is 781 g/mol. The maximum atomic E-state index is 2.40. The molecule has 0 atom stereocenters. The van der Waals surface area contributed by atoms with E-state index in [2.05, 4.69) is 247 Å². The predicted molar refractivity (Wildman–Crippen MR) is 261 cm³/mol. The Morgan fingerprint density at radius 3 is 0.875 bits per heavy atom. The molecule has 0 aliphatic rings. The van der Waals surface area contributed by atoms with Crippen LogP contribution in [-0.4, -0.2) is 24.2 Å². The number of anilines is 3. The first-order valence-corrected chi connectivity index (χ1v) is 30.5. The van der Waals surface area contributed by atoms with Crippen LogP contribution < -0.4 is 20.5 Å². The third kappa shape index (κ3) is 10.6. The normalized spacial score (nSPS) is 12.8. The molecule has 0 radical (unpaired) electrons. The van der Waals surface area contributed by atoms with Gasteiger partial charge < -0.3 is 4.90 Å². The van der Waals surface area contributed by atoms with E-state index in [9.17, 15) is 0 Å². The van der Waals surface area contributed by atoms with Crippen molar-refractivity contribution in [2.75, 3.05) is 4.90 Å². The van der Waals surface area contributed by atoms with Crippen molar-refractivity contribution in [1.82, 2.24) is 0 Å². The molecule has 0 bridgehead atoms. The molecule has 56 heavy (non-hydrogen) atoms. The van der Waals surface area contributed by atoms with Gasteiger partial charge in [-0.15, -0.1) is 0 Å². The summed E-state index contributed by atoms with van der Waals surface area (Å²) >= 11 is 0. The van der Waals surface area contributed by atoms with Crippen molar-refractivity contribution in [3.05, 3.63) is 179 Å². The molecular formula is C52H59NSi3. The maximum absolute atomic E-state index is 2.40. The first-order chi connectivity index (χ1) is 26.5. The van der Waals surface area contributed by atoms with Gasteiger partial charge in [0.15, 0.2) is 0 Å². The highest BCUT2D eigenvalue weighted by Gasteiger charge is 2.18. The van der Waals surface area contributed by atoms with Crippen LogP contribution in [0.3, 0.4) is 0 Å². The van der Waals surface area contributed by atoms with Crippen LogP contribution in [0.1, 0.15) is 40.3 Å². The highest BCUT2D eigenvalue weighted by molar-refractivity contribution is 6.89. The third-order valence-corrected chi connectivity index (χ3v) is 16.7. The summed E-state index contributed by atoms with van der Waals surface area (Å²) in [5.74, 6) is 0. The second-order valence-corrected chi connectivity index (χ2v) is 33.4. The van der Waals surface area contributed by atoms with Crippen LogP contribution >= 0.6 is 0 Å². The molecule has 0 saturated carbocycles. The van der Waals surface area contributed by atoms with Crippen LogP contribution in [0.2, 0.25) is 58.9 Å². The van der Waals surface area contributed by atoms with Gasteiger partial charge in [-0.3, -0.25) is 0 Å². The molecule has 0 heterocycles. The first kappa shape index (κ1) is 40.6. The van der Waals surface area contributed by atoms with E-state index in [0.717, 1.165) is 17.1 Å². The van der Waals surface area contributed by atoms with E-state index in [1.165, 1.54) is 54.5 Å². The smallest absolute Gasteiger partial charge is 0.0775 e. The van der Waals surface area contributed by atoms with Crippen LogP contribution in [-0.2, 0) is 0 Å². The van der Waals surface area contributed by atoms with E-state index >= 15 is 0 Å². The number of allylic oxidation sites excluding steroid dienone is 1. The van der Waals surface area contributed by atoms with Crippen LogP contribution in [0.15, 0.2) is 146 Å². The molecule has 0 aromatic heterocycles. The molecule has 6 aromatic rings. The lowest BCUT2D eigenvalue weighted by molar-refractivity contribution is 1.28. The Kier molecular flexibility index (Phi) is 12.3. The van der Waals surface area contributed by atoms with E-state index in [0.29, 0.717) is 0 Å². The Hall–Kier alpha value is -5.01. The van der Waals surface area contributed by atoms with Crippen molar-refractivity contribution in [3.8, 4) is 0 Å². The molecule has 0 aliphatic carbocycles. The Morgan fingerprint density at radius 1 is 0.339 bits per heavy atom. The molecule has 0 aliphatic heterocycles. The third-order valence-electron chi connectivity index (χ3n) is 10.5. The van der Waals surface area contributed by atoms with Crippen LogP contribution in [0.25, 0.3) is 36.0 Å². The van der Waals surface area contributed by atoms with E-state index in [4.69, 9.17) is 0 Å². The van der Waals surface area contributed by atoms with E-state index in [-0.39, 0.29) is 0 Å². The molecule has 284 valence electrons. The molecule has 4 heteroatoms. The van der Waals surface area contributed by atoms with Gasteiger partial charge in [-0.05, 0) is 82.3 Å². The summed E-state index contributed by atoms with van der Waals surface area (Å²) in [5.41, 5.74) is 11.9. The van der Waals surface area contributed by atoms with Crippen molar-refractivity contribution in [2.45, 2.75) is 65.8 Å². The minimum Gasteiger partial charge on any atom is -0.311 e. The number of hydrogen-bond donors (Lipinski definition) is 0. The van der Waals surface area contributed by atoms with Crippen LogP contribution in [0.5, 0.6) is 0 Å². The van der Waals surface area contributed by atoms with Gasteiger partial charge in [0.25, 0.3) is 0 Å². The summed E-state index contributed by atoms with van der Waals surface area (Å²) in [4.78, 5) is 2.35. The number of benzene rings is 6. The fourth-order valence-corrected chi connectivity index (χ4v) is 10.3. The number of hydrogen-bond acceptors (Lipinski definition) is 1. The van der Waals surface area contributed by atoms with Crippen molar-refractivity contribution >= 4 is 92.8 Å². The summed E-state index contributed by atoms with van der Waals surface area (Å²) < 4.78 is 0. The van der Waals surface area contributed by atoms with Gasteiger partial charge in [0.05, 0.1) is 24.2 Å². The van der Waals surface area contributed by atoms with Gasteiger partial charge in [-0.25, -0.2) is 0 Å². The average molecular weight is 782 g/mol. The minimum absolute atomic E-state index is 1.12. The van der Waals surface area contributed by atoms with Crippen molar-refractivity contribution in [2.24, 2.45) is 0 Å². The molecule has 0 saturated heterocycles. The highest BCUT2D eigenvalue weighted by Crippen LogP contribution is 2.35. The fraction of sp³-hybridized carbons (Fsp3) is 0.192. The molecule has 0 spiro atoms. The van der Waals surface area contributed by atoms with Gasteiger partial charge in [-0.2, -0.15) is 0 Å². The summed E-state index contributed by atoms with van der Waals surface area (Å²) in [6.45, 7) is 23.8. The second kappa shape index (κ2) is 17.0. The molecule has 0 N–H and O–H groups in total. The van der Waals surface area contributed by atoms with Gasteiger partial charge >= 0.3 is 0 Å². The molecular weight excluding hydrogens is 723 g/mol. The van der Waals surface area contributed by atoms with Gasteiger partial charge in [0, 0.05) is 17.1 Å². The largest absolute Gasteiger partial charge is 0.311 e. The minimum atomic E-state index is -1.32. The number of rotatable bonds is 12. The van der Waals surface area contributed by atoms with Gasteiger partial charge in [-0.1, -0.05) is 214 Å². The van der Waals surface area contributed by atoms with E-state index in [1.807, 2.05) is 0 Å². The fourth-order valence-electron chi connectivity index (χ4n) is 6.78. The van der Waals surface area contributed by atoms with Crippen LogP contribution in [0.4, 0.5) is 17.1 Å². The maximum Gasteiger partial charge on any atom is 0.0775 e. The SMILES string of the molecule is C/C(=C\c1ccc(N(c2ccc(/C=C/c3ccc([Si](C)(C)C)cc3)cc2)c2ccc(/C=C/c3ccc([Si](C)(C)C)cc3)cc2)cc1)c1ccc([Si](C)(C)C)cc1.